The van der Waals surface area contributed by atoms with Crippen molar-refractivity contribution in [1.29, 1.82) is 0 Å². The Morgan fingerprint density at radius 3 is 2.61 bits per heavy atom. The fourth-order valence-electron chi connectivity index (χ4n) is 1.44. The smallest absolute Gasteiger partial charge is 0.261 e. The van der Waals surface area contributed by atoms with E-state index in [-0.39, 0.29) is 11.7 Å². The van der Waals surface area contributed by atoms with Gasteiger partial charge >= 0.3 is 0 Å². The number of amides is 1. The third kappa shape index (κ3) is 3.09. The minimum atomic E-state index is -0.286. The Balaban J connectivity index is 1.98. The number of benzene rings is 1. The molecule has 2 rings (SSSR count). The van der Waals surface area contributed by atoms with Crippen LogP contribution in [0.4, 0.5) is 4.39 Å². The molecule has 94 valence electrons. The van der Waals surface area contributed by atoms with Gasteiger partial charge < -0.3 is 5.32 Å². The summed E-state index contributed by atoms with van der Waals surface area (Å²) in [5, 5.41) is 3.37. The lowest BCUT2D eigenvalue weighted by atomic mass is 10.2. The van der Waals surface area contributed by atoms with Crippen LogP contribution >= 0.6 is 22.9 Å². The van der Waals surface area contributed by atoms with Gasteiger partial charge in [0.2, 0.25) is 0 Å². The maximum Gasteiger partial charge on any atom is 0.261 e. The van der Waals surface area contributed by atoms with E-state index in [0.29, 0.717) is 16.4 Å². The number of rotatable bonds is 3. The molecule has 0 fully saturated rings. The van der Waals surface area contributed by atoms with Crippen molar-refractivity contribution in [1.82, 2.24) is 5.32 Å². The van der Waals surface area contributed by atoms with Crippen LogP contribution in [0.15, 0.2) is 30.3 Å². The summed E-state index contributed by atoms with van der Waals surface area (Å²) in [4.78, 5) is 13.3. The van der Waals surface area contributed by atoms with Gasteiger partial charge in [-0.2, -0.15) is 0 Å². The lowest BCUT2D eigenvalue weighted by Crippen LogP contribution is -2.21. The lowest BCUT2D eigenvalue weighted by molar-refractivity contribution is 0.0955. The molecule has 2 aromatic rings. The van der Waals surface area contributed by atoms with E-state index >= 15 is 0 Å². The highest BCUT2D eigenvalue weighted by atomic mass is 35.5. The van der Waals surface area contributed by atoms with Crippen LogP contribution in [0.3, 0.4) is 0 Å². The van der Waals surface area contributed by atoms with E-state index in [1.165, 1.54) is 23.5 Å². The van der Waals surface area contributed by atoms with Crippen LogP contribution in [-0.2, 0) is 6.54 Å². The van der Waals surface area contributed by atoms with Gasteiger partial charge in [0.25, 0.3) is 5.91 Å². The summed E-state index contributed by atoms with van der Waals surface area (Å²) in [6, 6.07) is 7.67. The van der Waals surface area contributed by atoms with E-state index in [1.807, 2.05) is 6.92 Å². The molecule has 0 saturated carbocycles. The predicted molar refractivity (Wildman–Crippen MR) is 71.6 cm³/mol. The minimum Gasteiger partial charge on any atom is -0.347 e. The summed E-state index contributed by atoms with van der Waals surface area (Å²) in [5.74, 6) is -0.454. The molecule has 0 aliphatic rings. The second-order valence-electron chi connectivity index (χ2n) is 3.82. The van der Waals surface area contributed by atoms with Crippen LogP contribution < -0.4 is 5.32 Å². The maximum absolute atomic E-state index is 12.7. The highest BCUT2D eigenvalue weighted by molar-refractivity contribution is 7.14. The quantitative estimate of drug-likeness (QED) is 0.912. The first-order chi connectivity index (χ1) is 8.56. The monoisotopic (exact) mass is 283 g/mol. The topological polar surface area (TPSA) is 29.1 Å². The highest BCUT2D eigenvalue weighted by Crippen LogP contribution is 2.25. The van der Waals surface area contributed by atoms with Crippen molar-refractivity contribution in [2.24, 2.45) is 0 Å². The molecule has 0 aliphatic carbocycles. The van der Waals surface area contributed by atoms with Crippen molar-refractivity contribution in [3.05, 3.63) is 56.5 Å². The Labute approximate surface area is 113 Å². The summed E-state index contributed by atoms with van der Waals surface area (Å²) in [6.07, 6.45) is 0. The van der Waals surface area contributed by atoms with Gasteiger partial charge in [0, 0.05) is 11.4 Å². The Bertz CT molecular complexity index is 545. The number of aryl methyl sites for hydroxylation is 1. The Kier molecular flexibility index (Phi) is 3.99. The molecular formula is C13H11ClFNOS. The van der Waals surface area contributed by atoms with Crippen molar-refractivity contribution in [3.8, 4) is 0 Å². The normalized spacial score (nSPS) is 10.4. The van der Waals surface area contributed by atoms with Gasteiger partial charge in [-0.15, -0.1) is 11.3 Å². The second-order valence-corrected chi connectivity index (χ2v) is 5.49. The first kappa shape index (κ1) is 13.1. The van der Waals surface area contributed by atoms with Crippen LogP contribution in [0.5, 0.6) is 0 Å². The van der Waals surface area contributed by atoms with E-state index < -0.39 is 0 Å². The van der Waals surface area contributed by atoms with E-state index in [9.17, 15) is 9.18 Å². The molecule has 0 saturated heterocycles. The fraction of sp³-hybridized carbons (Fsp3) is 0.154. The van der Waals surface area contributed by atoms with Crippen molar-refractivity contribution >= 4 is 28.8 Å². The molecule has 5 heteroatoms. The average Bonchev–Trinajstić information content (AvgIpc) is 2.69. The number of hydrogen-bond acceptors (Lipinski definition) is 2. The molecule has 0 unspecified atom stereocenters. The van der Waals surface area contributed by atoms with Gasteiger partial charge in [0.15, 0.2) is 0 Å². The first-order valence-corrected chi connectivity index (χ1v) is 6.54. The average molecular weight is 284 g/mol. The molecule has 1 N–H and O–H groups in total. The largest absolute Gasteiger partial charge is 0.347 e. The highest BCUT2D eigenvalue weighted by Gasteiger charge is 2.10. The van der Waals surface area contributed by atoms with Crippen LogP contribution in [0, 0.1) is 12.7 Å². The molecule has 18 heavy (non-hydrogen) atoms. The molecule has 0 atom stereocenters. The van der Waals surface area contributed by atoms with Crippen LogP contribution in [-0.4, -0.2) is 5.91 Å². The molecule has 0 bridgehead atoms. The molecule has 0 radical (unpaired) electrons. The van der Waals surface area contributed by atoms with Crippen LogP contribution in [0.2, 0.25) is 5.02 Å². The standard InChI is InChI=1S/C13H11ClFNOS/c1-8-11(14)6-12(18-8)13(17)16-7-9-2-4-10(15)5-3-9/h2-6H,7H2,1H3,(H,16,17). The van der Waals surface area contributed by atoms with Crippen molar-refractivity contribution in [2.45, 2.75) is 13.5 Å². The zero-order valence-electron chi connectivity index (χ0n) is 9.67. The van der Waals surface area contributed by atoms with Crippen molar-refractivity contribution in [2.75, 3.05) is 0 Å². The third-order valence-electron chi connectivity index (χ3n) is 2.45. The Hall–Kier alpha value is -1.39. The number of thiophene rings is 1. The number of carbonyl (C=O) groups excluding carboxylic acids is 1. The Morgan fingerprint density at radius 1 is 1.39 bits per heavy atom. The molecule has 2 nitrogen and oxygen atoms in total. The van der Waals surface area contributed by atoms with Gasteiger partial charge in [-0.05, 0) is 30.7 Å². The molecule has 1 amide bonds. The second kappa shape index (κ2) is 5.50. The van der Waals surface area contributed by atoms with E-state index in [1.54, 1.807) is 18.2 Å². The summed E-state index contributed by atoms with van der Waals surface area (Å²) in [6.45, 7) is 2.23. The minimum absolute atomic E-state index is 0.167. The van der Waals surface area contributed by atoms with Crippen molar-refractivity contribution < 1.29 is 9.18 Å². The summed E-state index contributed by atoms with van der Waals surface area (Å²) in [5.41, 5.74) is 0.851. The SMILES string of the molecule is Cc1sc(C(=O)NCc2ccc(F)cc2)cc1Cl. The van der Waals surface area contributed by atoms with E-state index in [0.717, 1.165) is 10.4 Å². The maximum atomic E-state index is 12.7. The summed E-state index contributed by atoms with van der Waals surface area (Å²) < 4.78 is 12.7. The number of halogens is 2. The van der Waals surface area contributed by atoms with Gasteiger partial charge in [-0.25, -0.2) is 4.39 Å². The fourth-order valence-corrected chi connectivity index (χ4v) is 2.56. The van der Waals surface area contributed by atoms with Crippen LogP contribution in [0.25, 0.3) is 0 Å². The zero-order valence-corrected chi connectivity index (χ0v) is 11.2. The molecular weight excluding hydrogens is 273 g/mol. The summed E-state index contributed by atoms with van der Waals surface area (Å²) >= 11 is 7.25. The van der Waals surface area contributed by atoms with E-state index in [4.69, 9.17) is 11.6 Å². The van der Waals surface area contributed by atoms with Gasteiger partial charge in [0.1, 0.15) is 5.82 Å². The van der Waals surface area contributed by atoms with Crippen LogP contribution in [0.1, 0.15) is 20.1 Å². The van der Waals surface area contributed by atoms with E-state index in [2.05, 4.69) is 5.32 Å². The predicted octanol–water partition coefficient (Wildman–Crippen LogP) is 3.78. The Morgan fingerprint density at radius 2 is 2.06 bits per heavy atom. The number of hydrogen-bond donors (Lipinski definition) is 1. The lowest BCUT2D eigenvalue weighted by Gasteiger charge is -2.03. The first-order valence-electron chi connectivity index (χ1n) is 5.35. The van der Waals surface area contributed by atoms with Gasteiger partial charge in [-0.1, -0.05) is 23.7 Å². The van der Waals surface area contributed by atoms with Gasteiger partial charge in [0.05, 0.1) is 9.90 Å². The molecule has 1 heterocycles. The molecule has 1 aromatic carbocycles. The van der Waals surface area contributed by atoms with Crippen molar-refractivity contribution in [3.63, 3.8) is 0 Å². The molecule has 1 aromatic heterocycles. The van der Waals surface area contributed by atoms with Gasteiger partial charge in [-0.3, -0.25) is 4.79 Å². The number of carbonyl (C=O) groups is 1. The molecule has 0 spiro atoms. The zero-order chi connectivity index (χ0) is 13.1. The summed E-state index contributed by atoms with van der Waals surface area (Å²) in [7, 11) is 0. The molecule has 0 aliphatic heterocycles. The third-order valence-corrected chi connectivity index (χ3v) is 4.00. The number of nitrogens with one attached hydrogen (secondary N) is 1.